The lowest BCUT2D eigenvalue weighted by Crippen LogP contribution is -2.30. The van der Waals surface area contributed by atoms with Crippen LogP contribution >= 0.6 is 0 Å². The second-order valence-corrected chi connectivity index (χ2v) is 6.65. The Bertz CT molecular complexity index is 803. The molecule has 0 unspecified atom stereocenters. The Kier molecular flexibility index (Phi) is 6.12. The van der Waals surface area contributed by atoms with Gasteiger partial charge < -0.3 is 14.4 Å². The number of nitrogens with zero attached hydrogens (tertiary/aromatic N) is 1. The number of hydrogen-bond donors (Lipinski definition) is 0. The molecule has 5 heteroatoms. The number of rotatable bonds is 7. The van der Waals surface area contributed by atoms with E-state index in [1.54, 1.807) is 25.3 Å². The lowest BCUT2D eigenvalue weighted by molar-refractivity contribution is -0.132. The summed E-state index contributed by atoms with van der Waals surface area (Å²) in [5.41, 5.74) is 1.69. The number of carbonyl (C=O) groups excluding carboxylic acids is 2. The SMILES string of the molecule is COc1ccc(C(=O)CCC(=O)N2CCC[C@@H]2c2ccccc2)cc1OC. The molecule has 0 aliphatic carbocycles. The van der Waals surface area contributed by atoms with Crippen molar-refractivity contribution >= 4 is 11.7 Å². The summed E-state index contributed by atoms with van der Waals surface area (Å²) in [7, 11) is 3.09. The summed E-state index contributed by atoms with van der Waals surface area (Å²) >= 11 is 0. The number of ether oxygens (including phenoxy) is 2. The third kappa shape index (κ3) is 4.30. The van der Waals surface area contributed by atoms with Gasteiger partial charge in [0.25, 0.3) is 0 Å². The van der Waals surface area contributed by atoms with Crippen molar-refractivity contribution in [2.75, 3.05) is 20.8 Å². The third-order valence-corrected chi connectivity index (χ3v) is 5.03. The topological polar surface area (TPSA) is 55.8 Å². The molecule has 0 spiro atoms. The zero-order valence-electron chi connectivity index (χ0n) is 15.8. The lowest BCUT2D eigenvalue weighted by atomic mass is 10.0. The Hall–Kier alpha value is -2.82. The summed E-state index contributed by atoms with van der Waals surface area (Å²) < 4.78 is 10.4. The number of carbonyl (C=O) groups is 2. The second-order valence-electron chi connectivity index (χ2n) is 6.65. The molecule has 142 valence electrons. The highest BCUT2D eigenvalue weighted by Gasteiger charge is 2.29. The van der Waals surface area contributed by atoms with Crippen molar-refractivity contribution in [1.29, 1.82) is 0 Å². The van der Waals surface area contributed by atoms with Crippen molar-refractivity contribution in [1.82, 2.24) is 4.90 Å². The minimum absolute atomic E-state index is 0.0372. The van der Waals surface area contributed by atoms with Gasteiger partial charge in [-0.15, -0.1) is 0 Å². The van der Waals surface area contributed by atoms with E-state index in [4.69, 9.17) is 9.47 Å². The van der Waals surface area contributed by atoms with Crippen LogP contribution in [-0.4, -0.2) is 37.4 Å². The van der Waals surface area contributed by atoms with Crippen molar-refractivity contribution in [2.24, 2.45) is 0 Å². The molecule has 1 atom stereocenters. The largest absolute Gasteiger partial charge is 0.493 e. The summed E-state index contributed by atoms with van der Waals surface area (Å²) in [4.78, 5) is 27.1. The van der Waals surface area contributed by atoms with Crippen LogP contribution in [0.5, 0.6) is 11.5 Å². The summed E-state index contributed by atoms with van der Waals surface area (Å²) in [5.74, 6) is 1.06. The Labute approximate surface area is 159 Å². The molecular formula is C22H25NO4. The maximum absolute atomic E-state index is 12.7. The van der Waals surface area contributed by atoms with Crippen molar-refractivity contribution in [3.05, 3.63) is 59.7 Å². The average molecular weight is 367 g/mol. The predicted molar refractivity (Wildman–Crippen MR) is 103 cm³/mol. The highest BCUT2D eigenvalue weighted by atomic mass is 16.5. The molecule has 2 aromatic carbocycles. The van der Waals surface area contributed by atoms with Gasteiger partial charge >= 0.3 is 0 Å². The van der Waals surface area contributed by atoms with Gasteiger partial charge in [0.1, 0.15) is 0 Å². The Balaban J connectivity index is 1.62. The summed E-state index contributed by atoms with van der Waals surface area (Å²) in [6, 6.07) is 15.3. The van der Waals surface area contributed by atoms with Gasteiger partial charge in [-0.2, -0.15) is 0 Å². The van der Waals surface area contributed by atoms with Crippen LogP contribution in [0.2, 0.25) is 0 Å². The van der Waals surface area contributed by atoms with Gasteiger partial charge in [0.05, 0.1) is 20.3 Å². The first-order valence-electron chi connectivity index (χ1n) is 9.23. The smallest absolute Gasteiger partial charge is 0.223 e. The van der Waals surface area contributed by atoms with Crippen molar-refractivity contribution in [2.45, 2.75) is 31.7 Å². The molecule has 3 rings (SSSR count). The molecule has 1 fully saturated rings. The molecule has 2 aromatic rings. The van der Waals surface area contributed by atoms with Crippen LogP contribution in [0, 0.1) is 0 Å². The molecule has 0 radical (unpaired) electrons. The number of methoxy groups -OCH3 is 2. The van der Waals surface area contributed by atoms with E-state index in [0.717, 1.165) is 24.9 Å². The molecule has 27 heavy (non-hydrogen) atoms. The minimum atomic E-state index is -0.0697. The Morgan fingerprint density at radius 3 is 2.44 bits per heavy atom. The highest BCUT2D eigenvalue weighted by Crippen LogP contribution is 2.32. The van der Waals surface area contributed by atoms with Crippen molar-refractivity contribution in [3.63, 3.8) is 0 Å². The molecular weight excluding hydrogens is 342 g/mol. The van der Waals surface area contributed by atoms with Gasteiger partial charge in [-0.25, -0.2) is 0 Å². The number of likely N-dealkylation sites (tertiary alicyclic amines) is 1. The minimum Gasteiger partial charge on any atom is -0.493 e. The van der Waals surface area contributed by atoms with E-state index < -0.39 is 0 Å². The fourth-order valence-corrected chi connectivity index (χ4v) is 3.61. The normalized spacial score (nSPS) is 16.2. The van der Waals surface area contributed by atoms with Crippen LogP contribution in [-0.2, 0) is 4.79 Å². The van der Waals surface area contributed by atoms with E-state index in [2.05, 4.69) is 12.1 Å². The van der Waals surface area contributed by atoms with Crippen LogP contribution in [0.15, 0.2) is 48.5 Å². The Morgan fingerprint density at radius 2 is 1.74 bits per heavy atom. The van der Waals surface area contributed by atoms with Crippen LogP contribution in [0.4, 0.5) is 0 Å². The first kappa shape index (κ1) is 19.0. The molecule has 0 bridgehead atoms. The maximum atomic E-state index is 12.7. The van der Waals surface area contributed by atoms with E-state index in [1.807, 2.05) is 23.1 Å². The lowest BCUT2D eigenvalue weighted by Gasteiger charge is -2.25. The van der Waals surface area contributed by atoms with Crippen LogP contribution in [0.3, 0.4) is 0 Å². The third-order valence-electron chi connectivity index (χ3n) is 5.03. The molecule has 0 aromatic heterocycles. The molecule has 1 saturated heterocycles. The summed E-state index contributed by atoms with van der Waals surface area (Å²) in [6.07, 6.45) is 2.37. The second kappa shape index (κ2) is 8.71. The van der Waals surface area contributed by atoms with E-state index in [1.165, 1.54) is 7.11 Å². The fourth-order valence-electron chi connectivity index (χ4n) is 3.61. The molecule has 5 nitrogen and oxygen atoms in total. The summed E-state index contributed by atoms with van der Waals surface area (Å²) in [6.45, 7) is 0.753. The van der Waals surface area contributed by atoms with Crippen LogP contribution < -0.4 is 9.47 Å². The monoisotopic (exact) mass is 367 g/mol. The average Bonchev–Trinajstić information content (AvgIpc) is 3.21. The van der Waals surface area contributed by atoms with Gasteiger partial charge in [-0.1, -0.05) is 30.3 Å². The molecule has 1 heterocycles. The van der Waals surface area contributed by atoms with Crippen LogP contribution in [0.1, 0.15) is 47.6 Å². The van der Waals surface area contributed by atoms with Gasteiger partial charge in [0.2, 0.25) is 5.91 Å². The standard InChI is InChI=1S/C22H25NO4/c1-26-20-12-10-17(15-21(20)27-2)19(24)11-13-22(25)23-14-6-9-18(23)16-7-4-3-5-8-16/h3-5,7-8,10,12,15,18H,6,9,11,13-14H2,1-2H3/t18-/m1/s1. The zero-order valence-corrected chi connectivity index (χ0v) is 15.8. The highest BCUT2D eigenvalue weighted by molar-refractivity contribution is 5.98. The number of Topliss-reactive ketones (excluding diaryl/α,β-unsaturated/α-hetero) is 1. The van der Waals surface area contributed by atoms with Crippen LogP contribution in [0.25, 0.3) is 0 Å². The fraction of sp³-hybridized carbons (Fsp3) is 0.364. The number of amides is 1. The predicted octanol–water partition coefficient (Wildman–Crippen LogP) is 4.03. The quantitative estimate of drug-likeness (QED) is 0.693. The molecule has 0 N–H and O–H groups in total. The van der Waals surface area contributed by atoms with Crippen molar-refractivity contribution in [3.8, 4) is 11.5 Å². The molecule has 1 aliphatic rings. The number of hydrogen-bond acceptors (Lipinski definition) is 4. The van der Waals surface area contributed by atoms with E-state index in [9.17, 15) is 9.59 Å². The van der Waals surface area contributed by atoms with Crippen molar-refractivity contribution < 1.29 is 19.1 Å². The molecule has 1 aliphatic heterocycles. The van der Waals surface area contributed by atoms with E-state index in [-0.39, 0.29) is 30.6 Å². The van der Waals surface area contributed by atoms with Gasteiger partial charge in [0.15, 0.2) is 17.3 Å². The molecule has 1 amide bonds. The zero-order chi connectivity index (χ0) is 19.2. The van der Waals surface area contributed by atoms with E-state index >= 15 is 0 Å². The Morgan fingerprint density at radius 1 is 1.00 bits per heavy atom. The molecule has 0 saturated carbocycles. The van der Waals surface area contributed by atoms with Gasteiger partial charge in [-0.3, -0.25) is 9.59 Å². The van der Waals surface area contributed by atoms with E-state index in [0.29, 0.717) is 17.1 Å². The first-order chi connectivity index (χ1) is 13.1. The maximum Gasteiger partial charge on any atom is 0.223 e. The van der Waals surface area contributed by atoms with Gasteiger partial charge in [-0.05, 0) is 36.6 Å². The van der Waals surface area contributed by atoms with Gasteiger partial charge in [0, 0.05) is 24.9 Å². The number of benzene rings is 2. The number of ketones is 1. The summed E-state index contributed by atoms with van der Waals surface area (Å²) in [5, 5.41) is 0. The first-order valence-corrected chi connectivity index (χ1v) is 9.23.